The predicted molar refractivity (Wildman–Crippen MR) is 125 cm³/mol. The first kappa shape index (κ1) is 20.4. The number of aryl methyl sites for hydroxylation is 1. The third-order valence-electron chi connectivity index (χ3n) is 5.23. The maximum absolute atomic E-state index is 12.7. The number of amides is 1. The number of ether oxygens (including phenoxy) is 1. The molecule has 0 radical (unpaired) electrons. The van der Waals surface area contributed by atoms with Crippen molar-refractivity contribution >= 4 is 22.5 Å². The fraction of sp³-hybridized carbons (Fsp3) is 0.120. The van der Waals surface area contributed by atoms with E-state index >= 15 is 0 Å². The molecule has 5 aromatic rings. The lowest BCUT2D eigenvalue weighted by Crippen LogP contribution is -2.19. The number of hydrogen-bond acceptors (Lipinski definition) is 6. The van der Waals surface area contributed by atoms with Crippen molar-refractivity contribution in [2.24, 2.45) is 0 Å². The monoisotopic (exact) mass is 439 g/mol. The van der Waals surface area contributed by atoms with Crippen molar-refractivity contribution in [3.63, 3.8) is 0 Å². The zero-order chi connectivity index (χ0) is 22.8. The Labute approximate surface area is 189 Å². The van der Waals surface area contributed by atoms with Crippen molar-refractivity contribution in [1.29, 1.82) is 0 Å². The number of fused-ring (bicyclic) bond motifs is 1. The van der Waals surface area contributed by atoms with Crippen LogP contribution in [-0.2, 0) is 11.3 Å². The van der Waals surface area contributed by atoms with Crippen LogP contribution in [0.4, 0.5) is 5.69 Å². The number of methoxy groups -OCH3 is 1. The molecular formula is C25H21N5O3. The molecule has 0 bridgehead atoms. The Hall–Kier alpha value is -4.46. The van der Waals surface area contributed by atoms with Crippen molar-refractivity contribution in [1.82, 2.24) is 19.9 Å². The largest absolute Gasteiger partial charge is 0.497 e. The molecule has 0 unspecified atom stereocenters. The van der Waals surface area contributed by atoms with Crippen LogP contribution in [-0.4, -0.2) is 32.9 Å². The summed E-state index contributed by atoms with van der Waals surface area (Å²) in [6.45, 7) is 2.04. The summed E-state index contributed by atoms with van der Waals surface area (Å²) in [6, 6.07) is 22.7. The second kappa shape index (κ2) is 8.58. The molecule has 0 fully saturated rings. The molecule has 2 aromatic heterocycles. The van der Waals surface area contributed by atoms with Crippen molar-refractivity contribution in [3.8, 4) is 28.7 Å². The first-order valence-corrected chi connectivity index (χ1v) is 10.4. The number of para-hydroxylation sites is 1. The summed E-state index contributed by atoms with van der Waals surface area (Å²) >= 11 is 0. The summed E-state index contributed by atoms with van der Waals surface area (Å²) in [5, 5.41) is 12.5. The SMILES string of the molecule is COc1ccc(NC(=O)Cn2nc(-c3nc(-c4cccc(C)c4)no3)c3ccccc32)cc1. The smallest absolute Gasteiger partial charge is 0.279 e. The van der Waals surface area contributed by atoms with Gasteiger partial charge in [0.1, 0.15) is 12.3 Å². The molecule has 8 heteroatoms. The van der Waals surface area contributed by atoms with Crippen molar-refractivity contribution < 1.29 is 14.1 Å². The highest BCUT2D eigenvalue weighted by atomic mass is 16.5. The van der Waals surface area contributed by atoms with Crippen molar-refractivity contribution in [2.45, 2.75) is 13.5 Å². The molecule has 0 aliphatic heterocycles. The van der Waals surface area contributed by atoms with Gasteiger partial charge in [0.05, 0.1) is 12.6 Å². The second-order valence-corrected chi connectivity index (χ2v) is 7.59. The van der Waals surface area contributed by atoms with Gasteiger partial charge in [0, 0.05) is 16.6 Å². The van der Waals surface area contributed by atoms with Gasteiger partial charge in [0.25, 0.3) is 5.89 Å². The lowest BCUT2D eigenvalue weighted by atomic mass is 10.1. The van der Waals surface area contributed by atoms with Gasteiger partial charge in [-0.2, -0.15) is 10.1 Å². The van der Waals surface area contributed by atoms with Crippen LogP contribution in [0.15, 0.2) is 77.3 Å². The van der Waals surface area contributed by atoms with E-state index in [-0.39, 0.29) is 12.5 Å². The zero-order valence-electron chi connectivity index (χ0n) is 18.1. The Balaban J connectivity index is 1.43. The van der Waals surface area contributed by atoms with E-state index in [0.717, 1.165) is 27.8 Å². The predicted octanol–water partition coefficient (Wildman–Crippen LogP) is 4.71. The molecule has 2 heterocycles. The van der Waals surface area contributed by atoms with Crippen LogP contribution in [0.25, 0.3) is 33.9 Å². The van der Waals surface area contributed by atoms with Crippen LogP contribution in [0.1, 0.15) is 5.56 Å². The van der Waals surface area contributed by atoms with Crippen molar-refractivity contribution in [2.75, 3.05) is 12.4 Å². The van der Waals surface area contributed by atoms with Gasteiger partial charge in [0.15, 0.2) is 5.69 Å². The van der Waals surface area contributed by atoms with E-state index in [1.807, 2.05) is 55.5 Å². The van der Waals surface area contributed by atoms with Gasteiger partial charge in [-0.3, -0.25) is 9.48 Å². The number of anilines is 1. The molecule has 3 aromatic carbocycles. The first-order valence-electron chi connectivity index (χ1n) is 10.4. The molecule has 1 amide bonds. The average molecular weight is 439 g/mol. The van der Waals surface area contributed by atoms with Gasteiger partial charge in [0.2, 0.25) is 11.7 Å². The lowest BCUT2D eigenvalue weighted by molar-refractivity contribution is -0.116. The van der Waals surface area contributed by atoms with Gasteiger partial charge in [-0.05, 0) is 43.3 Å². The van der Waals surface area contributed by atoms with Gasteiger partial charge in [-0.15, -0.1) is 0 Å². The van der Waals surface area contributed by atoms with Gasteiger partial charge >= 0.3 is 0 Å². The fourth-order valence-corrected chi connectivity index (χ4v) is 3.64. The fourth-order valence-electron chi connectivity index (χ4n) is 3.64. The first-order chi connectivity index (χ1) is 16.1. The third kappa shape index (κ3) is 4.18. The van der Waals surface area contributed by atoms with Gasteiger partial charge in [-0.25, -0.2) is 0 Å². The normalized spacial score (nSPS) is 11.0. The van der Waals surface area contributed by atoms with E-state index in [2.05, 4.69) is 20.6 Å². The molecule has 0 saturated carbocycles. The number of nitrogens with zero attached hydrogens (tertiary/aromatic N) is 4. The highest BCUT2D eigenvalue weighted by Crippen LogP contribution is 2.29. The Kier molecular flexibility index (Phi) is 5.32. The molecule has 0 spiro atoms. The quantitative estimate of drug-likeness (QED) is 0.412. The molecule has 8 nitrogen and oxygen atoms in total. The lowest BCUT2D eigenvalue weighted by Gasteiger charge is -2.07. The van der Waals surface area contributed by atoms with Crippen molar-refractivity contribution in [3.05, 3.63) is 78.4 Å². The molecule has 164 valence electrons. The summed E-state index contributed by atoms with van der Waals surface area (Å²) < 4.78 is 12.3. The van der Waals surface area contributed by atoms with E-state index in [1.54, 1.807) is 36.1 Å². The summed E-state index contributed by atoms with van der Waals surface area (Å²) in [5.41, 5.74) is 3.99. The molecule has 0 atom stereocenters. The minimum Gasteiger partial charge on any atom is -0.497 e. The van der Waals surface area contributed by atoms with E-state index in [9.17, 15) is 4.79 Å². The summed E-state index contributed by atoms with van der Waals surface area (Å²) in [4.78, 5) is 17.2. The minimum atomic E-state index is -0.203. The molecular weight excluding hydrogens is 418 g/mol. The molecule has 0 aliphatic carbocycles. The number of benzene rings is 3. The Morgan fingerprint density at radius 1 is 1.06 bits per heavy atom. The van der Waals surface area contributed by atoms with Gasteiger partial charge in [-0.1, -0.05) is 47.1 Å². The number of nitrogens with one attached hydrogen (secondary N) is 1. The molecule has 33 heavy (non-hydrogen) atoms. The number of hydrogen-bond donors (Lipinski definition) is 1. The molecule has 0 aliphatic rings. The minimum absolute atomic E-state index is 0.0332. The molecule has 0 saturated heterocycles. The van der Waals surface area contributed by atoms with Crippen LogP contribution >= 0.6 is 0 Å². The standard InChI is InChI=1S/C25H21N5O3/c1-16-6-5-7-17(14-16)24-27-25(33-29-24)23-20-8-3-4-9-21(20)30(28-23)15-22(31)26-18-10-12-19(32-2)13-11-18/h3-14H,15H2,1-2H3,(H,26,31). The Bertz CT molecular complexity index is 1440. The second-order valence-electron chi connectivity index (χ2n) is 7.59. The zero-order valence-corrected chi connectivity index (χ0v) is 18.1. The van der Waals surface area contributed by atoms with E-state index in [1.165, 1.54) is 0 Å². The van der Waals surface area contributed by atoms with Crippen LogP contribution in [0.2, 0.25) is 0 Å². The molecule has 1 N–H and O–H groups in total. The number of carbonyl (C=O) groups excluding carboxylic acids is 1. The number of rotatable bonds is 6. The topological polar surface area (TPSA) is 95.1 Å². The van der Waals surface area contributed by atoms with E-state index < -0.39 is 0 Å². The van der Waals surface area contributed by atoms with Crippen LogP contribution in [0, 0.1) is 6.92 Å². The van der Waals surface area contributed by atoms with E-state index in [0.29, 0.717) is 23.1 Å². The van der Waals surface area contributed by atoms with Crippen LogP contribution in [0.3, 0.4) is 0 Å². The van der Waals surface area contributed by atoms with Crippen LogP contribution in [0.5, 0.6) is 5.75 Å². The highest BCUT2D eigenvalue weighted by Gasteiger charge is 2.19. The maximum atomic E-state index is 12.7. The summed E-state index contributed by atoms with van der Waals surface area (Å²) in [6.07, 6.45) is 0. The maximum Gasteiger partial charge on any atom is 0.279 e. The number of aromatic nitrogens is 4. The van der Waals surface area contributed by atoms with Gasteiger partial charge < -0.3 is 14.6 Å². The number of carbonyl (C=O) groups is 1. The van der Waals surface area contributed by atoms with Crippen LogP contribution < -0.4 is 10.1 Å². The Morgan fingerprint density at radius 3 is 2.67 bits per heavy atom. The summed E-state index contributed by atoms with van der Waals surface area (Å²) in [7, 11) is 1.60. The Morgan fingerprint density at radius 2 is 1.88 bits per heavy atom. The highest BCUT2D eigenvalue weighted by molar-refractivity contribution is 5.94. The summed E-state index contributed by atoms with van der Waals surface area (Å²) in [5.74, 6) is 1.31. The average Bonchev–Trinajstić information content (AvgIpc) is 3.45. The third-order valence-corrected chi connectivity index (χ3v) is 5.23. The van der Waals surface area contributed by atoms with E-state index in [4.69, 9.17) is 9.26 Å². The molecule has 5 rings (SSSR count).